The second kappa shape index (κ2) is 43.4. The van der Waals surface area contributed by atoms with Crippen molar-refractivity contribution in [3.05, 3.63) is 521 Å². The smallest absolute Gasteiger partial charge is 0.226 e. The number of hydrogen-bond acceptors (Lipinski definition) is 13. The minimum Gasteiger partial charge on any atom is -0.228 e. The van der Waals surface area contributed by atoms with Crippen LogP contribution in [0.3, 0.4) is 0 Å². The minimum absolute atomic E-state index is 0.202. The van der Waals surface area contributed by atoms with Crippen LogP contribution < -0.4 is 0 Å². The van der Waals surface area contributed by atoms with Gasteiger partial charge in [-0.05, 0) is 169 Å². The van der Waals surface area contributed by atoms with Gasteiger partial charge in [0.1, 0.15) is 0 Å². The van der Waals surface area contributed by atoms with Crippen LogP contribution in [0.4, 0.5) is 0 Å². The van der Waals surface area contributed by atoms with E-state index in [1.54, 1.807) is 0 Å². The van der Waals surface area contributed by atoms with Gasteiger partial charge in [0.05, 0.1) is 22.8 Å². The molecular weight excluding hydrogens is 2070 g/mol. The molecule has 22 aromatic carbocycles. The fourth-order valence-corrected chi connectivity index (χ4v) is 21.0. The first-order valence-electron chi connectivity index (χ1n) is 48.4. The van der Waals surface area contributed by atoms with Crippen molar-refractivity contribution in [2.24, 2.45) is 0 Å². The molecule has 0 amide bonds. The van der Waals surface area contributed by atoms with Gasteiger partial charge in [0.15, 0.2) is 52.4 Å². The predicted molar refractivity (Wildman–Crippen MR) is 625 cm³/mol. The molecular formula is C131H82Br3Cl2N13. The molecule has 13 nitrogen and oxygen atoms in total. The topological polar surface area (TPSA) is 168 Å². The lowest BCUT2D eigenvalue weighted by molar-refractivity contribution is 1.07. The van der Waals surface area contributed by atoms with E-state index in [9.17, 15) is 0 Å². The number of rotatable bonds is 13. The molecule has 0 atom stereocenters. The van der Waals surface area contributed by atoms with Crippen LogP contribution in [0.25, 0.3) is 244 Å². The maximum absolute atomic E-state index is 6.03. The Hall–Kier alpha value is -17.6. The van der Waals surface area contributed by atoms with Gasteiger partial charge in [0.25, 0.3) is 0 Å². The van der Waals surface area contributed by atoms with Crippen molar-refractivity contribution in [3.8, 4) is 148 Å². The average Bonchev–Trinajstić information content (AvgIpc) is 0.741. The van der Waals surface area contributed by atoms with Gasteiger partial charge in [-0.15, -0.1) is 0 Å². The van der Waals surface area contributed by atoms with E-state index < -0.39 is 0 Å². The molecule has 18 heteroatoms. The van der Waals surface area contributed by atoms with E-state index in [0.717, 1.165) is 146 Å². The molecule has 0 aliphatic rings. The molecule has 0 unspecified atom stereocenters. The second-order valence-corrected chi connectivity index (χ2v) is 38.5. The van der Waals surface area contributed by atoms with Gasteiger partial charge in [0.2, 0.25) is 10.6 Å². The Morgan fingerprint density at radius 3 is 0.503 bits per heavy atom. The van der Waals surface area contributed by atoms with Crippen LogP contribution in [0.5, 0.6) is 0 Å². The molecule has 27 aromatic rings. The Morgan fingerprint density at radius 1 is 0.121 bits per heavy atom. The summed E-state index contributed by atoms with van der Waals surface area (Å²) in [6.07, 6.45) is 0. The van der Waals surface area contributed by atoms with Crippen molar-refractivity contribution in [3.63, 3.8) is 0 Å². The van der Waals surface area contributed by atoms with Crippen molar-refractivity contribution in [2.45, 2.75) is 0 Å². The molecule has 0 saturated carbocycles. The van der Waals surface area contributed by atoms with Crippen molar-refractivity contribution in [1.29, 1.82) is 0 Å². The minimum atomic E-state index is 0.202. The van der Waals surface area contributed by atoms with Gasteiger partial charge >= 0.3 is 0 Å². The van der Waals surface area contributed by atoms with Crippen LogP contribution in [0, 0.1) is 0 Å². The van der Waals surface area contributed by atoms with Gasteiger partial charge in [-0.3, -0.25) is 0 Å². The van der Waals surface area contributed by atoms with Crippen LogP contribution in [-0.2, 0) is 0 Å². The summed E-state index contributed by atoms with van der Waals surface area (Å²) in [7, 11) is 0. The summed E-state index contributed by atoms with van der Waals surface area (Å²) in [5.41, 5.74) is 16.1. The van der Waals surface area contributed by atoms with Gasteiger partial charge < -0.3 is 0 Å². The van der Waals surface area contributed by atoms with Crippen molar-refractivity contribution in [1.82, 2.24) is 64.8 Å². The van der Waals surface area contributed by atoms with Crippen LogP contribution in [0.15, 0.2) is 511 Å². The molecule has 149 heavy (non-hydrogen) atoms. The maximum Gasteiger partial charge on any atom is 0.226 e. The first kappa shape index (κ1) is 94.9. The SMILES string of the molecule is Brc1cc2c3ccccc3c(-c3nc(-c4ccccc4)nc(-c4ccccc4)n3)cc2c2ccccc12.Brc1cc2c3ccccc3c(Br)cc2c2ccccc12.Clc1nc(-c2ccccc2)cc(-c2ccccc2)n1.Clc1nc(-c2ccccc2)nc(-c2ccccc2)n1.c1ccc(-c2cc(-c3ccccc3)nc(-c3cc4c5ccccc5c(-c5nc(-c6ccccc6)nc(-c6ccccc6)n5)cc4c4ccccc34)n2)cc1. The Bertz CT molecular complexity index is 8940. The Morgan fingerprint density at radius 2 is 0.275 bits per heavy atom. The van der Waals surface area contributed by atoms with Gasteiger partial charge in [-0.1, -0.05) is 497 Å². The summed E-state index contributed by atoms with van der Waals surface area (Å²) in [6, 6.07) is 169. The maximum atomic E-state index is 6.03. The van der Waals surface area contributed by atoms with E-state index in [-0.39, 0.29) is 10.6 Å². The third kappa shape index (κ3) is 20.4. The zero-order valence-electron chi connectivity index (χ0n) is 79.5. The number of fused-ring (bicyclic) bond motifs is 15. The molecule has 5 aromatic heterocycles. The van der Waals surface area contributed by atoms with Gasteiger partial charge in [0, 0.05) is 85.7 Å². The highest BCUT2D eigenvalue weighted by atomic mass is 79.9. The summed E-state index contributed by atoms with van der Waals surface area (Å²) in [5.74, 6) is 5.72. The van der Waals surface area contributed by atoms with Crippen LogP contribution in [0.1, 0.15) is 0 Å². The van der Waals surface area contributed by atoms with Gasteiger partial charge in [-0.25, -0.2) is 54.8 Å². The predicted octanol–water partition coefficient (Wildman–Crippen LogP) is 36.2. The second-order valence-electron chi connectivity index (χ2n) is 35.3. The standard InChI is InChI=1S/C49H31N5.C33H20BrN3.C18H10Br2.C16H11ClN2.C15H10ClN3/c1-5-17-32(18-6-1)44-31-45(33-19-7-2-8-20-33)51-48(50-44)42-29-40-37-26-14-16-28-39(37)43(30-41(40)36-25-13-15-27-38(36)42)49-53-46(34-21-9-3-10-22-34)52-47(54-49)35-23-11-4-12-24-35;34-30-20-28-23-15-7-8-16-24(23)29(19-27(28)25-17-9-10-18-26(25)30)33-36-31(21-11-3-1-4-12-21)35-32(37-33)22-13-5-2-6-14-22;19-17-10-16-12-6-2-4-8-14(12)18(20)9-15(16)11-5-1-3-7-13(11)17;17-16-18-14(12-7-3-1-4-8-12)11-15(19-16)13-9-5-2-6-10-13;16-15-18-13(11-7-3-1-4-8-11)17-14(19-15)12-9-5-2-6-10-12/h1-31H;1-20H;1-10H;1-11H;1-10H. The zero-order valence-corrected chi connectivity index (χ0v) is 85.8. The Kier molecular flexibility index (Phi) is 27.6. The number of aromatic nitrogens is 13. The highest BCUT2D eigenvalue weighted by molar-refractivity contribution is 9.11. The highest BCUT2D eigenvalue weighted by Crippen LogP contribution is 2.46. The lowest BCUT2D eigenvalue weighted by Gasteiger charge is -2.16. The summed E-state index contributed by atoms with van der Waals surface area (Å²) < 4.78 is 3.38. The van der Waals surface area contributed by atoms with Gasteiger partial charge in [-0.2, -0.15) is 9.97 Å². The number of hydrogen-bond donors (Lipinski definition) is 0. The normalized spacial score (nSPS) is 11.1. The van der Waals surface area contributed by atoms with E-state index in [1.807, 2.05) is 285 Å². The summed E-state index contributed by atoms with van der Waals surface area (Å²) in [5, 5.41) is 21.7. The lowest BCUT2D eigenvalue weighted by atomic mass is 9.90. The average molecular weight is 2150 g/mol. The molecule has 0 radical (unpaired) electrons. The molecule has 0 aliphatic carbocycles. The number of halogens is 5. The Balaban J connectivity index is 0.000000110. The Labute approximate surface area is 894 Å². The number of nitrogens with zero attached hydrogens (tertiary/aromatic N) is 13. The van der Waals surface area contributed by atoms with E-state index in [1.165, 1.54) is 59.2 Å². The monoisotopic (exact) mass is 2140 g/mol. The molecule has 0 fully saturated rings. The van der Waals surface area contributed by atoms with E-state index in [4.69, 9.17) is 63.1 Å². The van der Waals surface area contributed by atoms with E-state index in [2.05, 4.69) is 285 Å². The first-order valence-corrected chi connectivity index (χ1v) is 51.6. The molecule has 0 N–H and O–H groups in total. The van der Waals surface area contributed by atoms with Crippen molar-refractivity contribution < 1.29 is 0 Å². The molecule has 0 spiro atoms. The quantitative estimate of drug-likeness (QED) is 0.0791. The van der Waals surface area contributed by atoms with Crippen LogP contribution in [0.2, 0.25) is 10.6 Å². The molecule has 0 bridgehead atoms. The molecule has 5 heterocycles. The van der Waals surface area contributed by atoms with Crippen molar-refractivity contribution in [2.75, 3.05) is 0 Å². The lowest BCUT2D eigenvalue weighted by Crippen LogP contribution is -2.01. The zero-order chi connectivity index (χ0) is 100. The summed E-state index contributed by atoms with van der Waals surface area (Å²) in [6.45, 7) is 0. The van der Waals surface area contributed by atoms with E-state index >= 15 is 0 Å². The molecule has 0 aliphatic heterocycles. The summed E-state index contributed by atoms with van der Waals surface area (Å²) in [4.78, 5) is 62.0. The van der Waals surface area contributed by atoms with E-state index in [0.29, 0.717) is 52.4 Å². The molecule has 0 saturated heterocycles. The summed E-state index contributed by atoms with van der Waals surface area (Å²) >= 11 is 23.2. The molecule has 706 valence electrons. The largest absolute Gasteiger partial charge is 0.228 e. The first-order chi connectivity index (χ1) is 73.4. The third-order valence-corrected chi connectivity index (χ3v) is 28.3. The van der Waals surface area contributed by atoms with Crippen LogP contribution in [-0.4, -0.2) is 64.8 Å². The third-order valence-electron chi connectivity index (χ3n) is 26.0. The number of benzene rings is 22. The highest BCUT2D eigenvalue weighted by Gasteiger charge is 2.24. The fraction of sp³-hybridized carbons (Fsp3) is 0. The van der Waals surface area contributed by atoms with Crippen LogP contribution >= 0.6 is 71.0 Å². The fourth-order valence-electron chi connectivity index (χ4n) is 18.9. The molecule has 27 rings (SSSR count). The van der Waals surface area contributed by atoms with Crippen molar-refractivity contribution >= 4 is 168 Å².